The van der Waals surface area contributed by atoms with Gasteiger partial charge in [-0.25, -0.2) is 0 Å². The van der Waals surface area contributed by atoms with E-state index in [0.717, 1.165) is 22.4 Å². The third kappa shape index (κ3) is 4.36. The standard InChI is InChI=1S/C18H20N2O2S/c1-4-13-8-5-7-12(2)16(13)20-18(22)17(21)19-14-9-6-10-15(11-14)23-3/h5-11H,4H2,1-3H3,(H,19,21)(H,20,22). The van der Waals surface area contributed by atoms with Crippen molar-refractivity contribution in [3.05, 3.63) is 53.6 Å². The first-order valence-corrected chi connectivity index (χ1v) is 8.62. The van der Waals surface area contributed by atoms with E-state index in [4.69, 9.17) is 0 Å². The lowest BCUT2D eigenvalue weighted by Crippen LogP contribution is -2.29. The van der Waals surface area contributed by atoms with Gasteiger partial charge in [-0.1, -0.05) is 31.2 Å². The van der Waals surface area contributed by atoms with Crippen LogP contribution in [-0.2, 0) is 16.0 Å². The van der Waals surface area contributed by atoms with Gasteiger partial charge in [-0.05, 0) is 48.9 Å². The van der Waals surface area contributed by atoms with E-state index in [1.54, 1.807) is 17.8 Å². The summed E-state index contributed by atoms with van der Waals surface area (Å²) >= 11 is 1.58. The fourth-order valence-electron chi connectivity index (χ4n) is 2.26. The fraction of sp³-hybridized carbons (Fsp3) is 0.222. The Balaban J connectivity index is 2.10. The number of carbonyl (C=O) groups is 2. The molecule has 2 aromatic carbocycles. The van der Waals surface area contributed by atoms with Crippen LogP contribution in [0.4, 0.5) is 11.4 Å². The molecule has 5 heteroatoms. The molecule has 2 aromatic rings. The Hall–Kier alpha value is -2.27. The molecule has 2 N–H and O–H groups in total. The molecular weight excluding hydrogens is 308 g/mol. The number of nitrogens with one attached hydrogen (secondary N) is 2. The summed E-state index contributed by atoms with van der Waals surface area (Å²) in [4.78, 5) is 25.3. The molecule has 0 atom stereocenters. The SMILES string of the molecule is CCc1cccc(C)c1NC(=O)C(=O)Nc1cccc(SC)c1. The minimum Gasteiger partial charge on any atom is -0.318 e. The summed E-state index contributed by atoms with van der Waals surface area (Å²) in [7, 11) is 0. The Morgan fingerprint density at radius 3 is 2.43 bits per heavy atom. The fourth-order valence-corrected chi connectivity index (χ4v) is 2.72. The van der Waals surface area contributed by atoms with E-state index in [-0.39, 0.29) is 0 Å². The smallest absolute Gasteiger partial charge is 0.314 e. The van der Waals surface area contributed by atoms with Crippen LogP contribution in [0.15, 0.2) is 47.4 Å². The van der Waals surface area contributed by atoms with Crippen molar-refractivity contribution >= 4 is 35.0 Å². The van der Waals surface area contributed by atoms with E-state index < -0.39 is 11.8 Å². The zero-order valence-corrected chi connectivity index (χ0v) is 14.3. The molecule has 0 unspecified atom stereocenters. The highest BCUT2D eigenvalue weighted by Crippen LogP contribution is 2.22. The average Bonchev–Trinajstić information content (AvgIpc) is 2.56. The van der Waals surface area contributed by atoms with Crippen LogP contribution in [0.5, 0.6) is 0 Å². The Bertz CT molecular complexity index is 729. The van der Waals surface area contributed by atoms with Crippen LogP contribution in [0.2, 0.25) is 0 Å². The van der Waals surface area contributed by atoms with Gasteiger partial charge in [-0.2, -0.15) is 0 Å². The number of hydrogen-bond donors (Lipinski definition) is 2. The molecular formula is C18H20N2O2S. The predicted molar refractivity (Wildman–Crippen MR) is 96.0 cm³/mol. The van der Waals surface area contributed by atoms with E-state index in [9.17, 15) is 9.59 Å². The summed E-state index contributed by atoms with van der Waals surface area (Å²) in [6, 6.07) is 13.2. The molecule has 2 rings (SSSR count). The summed E-state index contributed by atoms with van der Waals surface area (Å²) in [5, 5.41) is 5.35. The lowest BCUT2D eigenvalue weighted by molar-refractivity contribution is -0.133. The van der Waals surface area contributed by atoms with Crippen LogP contribution in [0.25, 0.3) is 0 Å². The van der Waals surface area contributed by atoms with E-state index in [1.165, 1.54) is 0 Å². The first kappa shape index (κ1) is 17.1. The van der Waals surface area contributed by atoms with E-state index in [2.05, 4.69) is 10.6 Å². The van der Waals surface area contributed by atoms with Gasteiger partial charge in [-0.3, -0.25) is 9.59 Å². The normalized spacial score (nSPS) is 10.2. The maximum atomic E-state index is 12.2. The minimum atomic E-state index is -0.673. The topological polar surface area (TPSA) is 58.2 Å². The monoisotopic (exact) mass is 328 g/mol. The molecule has 2 amide bonds. The molecule has 0 bridgehead atoms. The van der Waals surface area contributed by atoms with Crippen LogP contribution in [0.3, 0.4) is 0 Å². The molecule has 0 heterocycles. The number of aryl methyl sites for hydroxylation is 2. The molecule has 23 heavy (non-hydrogen) atoms. The maximum absolute atomic E-state index is 12.2. The quantitative estimate of drug-likeness (QED) is 0.662. The van der Waals surface area contributed by atoms with Crippen molar-refractivity contribution in [1.29, 1.82) is 0 Å². The van der Waals surface area contributed by atoms with Crippen LogP contribution in [0, 0.1) is 6.92 Å². The van der Waals surface area contributed by atoms with Gasteiger partial charge in [-0.15, -0.1) is 11.8 Å². The zero-order chi connectivity index (χ0) is 16.8. The number of benzene rings is 2. The molecule has 120 valence electrons. The molecule has 4 nitrogen and oxygen atoms in total. The summed E-state index contributed by atoms with van der Waals surface area (Å²) in [5.41, 5.74) is 3.27. The number of anilines is 2. The first-order valence-electron chi connectivity index (χ1n) is 7.40. The van der Waals surface area contributed by atoms with Crippen molar-refractivity contribution in [3.8, 4) is 0 Å². The maximum Gasteiger partial charge on any atom is 0.314 e. The summed E-state index contributed by atoms with van der Waals surface area (Å²) in [6.07, 6.45) is 2.74. The van der Waals surface area contributed by atoms with Gasteiger partial charge in [0.1, 0.15) is 0 Å². The lowest BCUT2D eigenvalue weighted by atomic mass is 10.1. The first-order chi connectivity index (χ1) is 11.0. The number of para-hydroxylation sites is 1. The van der Waals surface area contributed by atoms with Crippen molar-refractivity contribution in [3.63, 3.8) is 0 Å². The Kier molecular flexibility index (Phi) is 5.82. The minimum absolute atomic E-state index is 0.609. The third-order valence-electron chi connectivity index (χ3n) is 3.51. The van der Waals surface area contributed by atoms with Crippen LogP contribution < -0.4 is 10.6 Å². The Labute approximate surface area is 140 Å². The number of amides is 2. The largest absolute Gasteiger partial charge is 0.318 e. The second kappa shape index (κ2) is 7.83. The third-order valence-corrected chi connectivity index (χ3v) is 4.24. The van der Waals surface area contributed by atoms with Gasteiger partial charge >= 0.3 is 11.8 Å². The molecule has 0 aromatic heterocycles. The van der Waals surface area contributed by atoms with Gasteiger partial charge in [0.15, 0.2) is 0 Å². The lowest BCUT2D eigenvalue weighted by Gasteiger charge is -2.13. The molecule has 0 aliphatic rings. The van der Waals surface area contributed by atoms with Crippen LogP contribution in [0.1, 0.15) is 18.1 Å². The van der Waals surface area contributed by atoms with Gasteiger partial charge in [0, 0.05) is 16.3 Å². The zero-order valence-electron chi connectivity index (χ0n) is 13.5. The van der Waals surface area contributed by atoms with Crippen LogP contribution >= 0.6 is 11.8 Å². The summed E-state index contributed by atoms with van der Waals surface area (Å²) < 4.78 is 0. The van der Waals surface area contributed by atoms with Gasteiger partial charge in [0.2, 0.25) is 0 Å². The number of hydrogen-bond acceptors (Lipinski definition) is 3. The molecule has 0 radical (unpaired) electrons. The summed E-state index contributed by atoms with van der Waals surface area (Å²) in [6.45, 7) is 3.92. The number of rotatable bonds is 4. The summed E-state index contributed by atoms with van der Waals surface area (Å²) in [5.74, 6) is -1.34. The number of thioether (sulfide) groups is 1. The van der Waals surface area contributed by atoms with Gasteiger partial charge in [0.25, 0.3) is 0 Å². The molecule has 0 spiro atoms. The van der Waals surface area contributed by atoms with Gasteiger partial charge < -0.3 is 10.6 Å². The second-order valence-electron chi connectivity index (χ2n) is 5.10. The molecule has 0 saturated carbocycles. The van der Waals surface area contributed by atoms with Crippen molar-refractivity contribution < 1.29 is 9.59 Å². The van der Waals surface area contributed by atoms with Crippen LogP contribution in [-0.4, -0.2) is 18.1 Å². The molecule has 0 fully saturated rings. The van der Waals surface area contributed by atoms with Crippen molar-refractivity contribution in [2.75, 3.05) is 16.9 Å². The molecule has 0 aliphatic heterocycles. The second-order valence-corrected chi connectivity index (χ2v) is 5.98. The highest BCUT2D eigenvalue weighted by Gasteiger charge is 2.16. The predicted octanol–water partition coefficient (Wildman–Crippen LogP) is 3.86. The average molecular weight is 328 g/mol. The highest BCUT2D eigenvalue weighted by molar-refractivity contribution is 7.98. The highest BCUT2D eigenvalue weighted by atomic mass is 32.2. The Morgan fingerprint density at radius 2 is 1.74 bits per heavy atom. The van der Waals surface area contributed by atoms with E-state index in [0.29, 0.717) is 11.4 Å². The van der Waals surface area contributed by atoms with Crippen molar-refractivity contribution in [2.45, 2.75) is 25.2 Å². The molecule has 0 aliphatic carbocycles. The number of carbonyl (C=O) groups excluding carboxylic acids is 2. The molecule has 0 saturated heterocycles. The Morgan fingerprint density at radius 1 is 1.04 bits per heavy atom. The van der Waals surface area contributed by atoms with Crippen molar-refractivity contribution in [2.24, 2.45) is 0 Å². The van der Waals surface area contributed by atoms with E-state index >= 15 is 0 Å². The van der Waals surface area contributed by atoms with Crippen molar-refractivity contribution in [1.82, 2.24) is 0 Å². The van der Waals surface area contributed by atoms with Gasteiger partial charge in [0.05, 0.1) is 0 Å². The van der Waals surface area contributed by atoms with E-state index in [1.807, 2.05) is 56.5 Å².